The number of aryl methyl sites for hydroxylation is 1. The normalized spacial score (nSPS) is 12.6. The van der Waals surface area contributed by atoms with Crippen molar-refractivity contribution >= 4 is 15.9 Å². The van der Waals surface area contributed by atoms with E-state index < -0.39 is 0 Å². The van der Waals surface area contributed by atoms with Crippen LogP contribution in [-0.2, 0) is 6.42 Å². The number of nitrogens with two attached hydrogens (primary N) is 1. The van der Waals surface area contributed by atoms with E-state index in [4.69, 9.17) is 10.5 Å². The Morgan fingerprint density at radius 3 is 2.69 bits per heavy atom. The molecular formula is C10H14BrNO. The van der Waals surface area contributed by atoms with Gasteiger partial charge in [-0.2, -0.15) is 0 Å². The van der Waals surface area contributed by atoms with Gasteiger partial charge < -0.3 is 10.5 Å². The van der Waals surface area contributed by atoms with E-state index >= 15 is 0 Å². The summed E-state index contributed by atoms with van der Waals surface area (Å²) in [6, 6.07) is 5.99. The van der Waals surface area contributed by atoms with Gasteiger partial charge in [-0.1, -0.05) is 28.9 Å². The lowest BCUT2D eigenvalue weighted by molar-refractivity contribution is 0.410. The van der Waals surface area contributed by atoms with Crippen molar-refractivity contribution < 1.29 is 4.74 Å². The Labute approximate surface area is 87.2 Å². The first-order valence-electron chi connectivity index (χ1n) is 4.25. The molecule has 0 aliphatic carbocycles. The van der Waals surface area contributed by atoms with Gasteiger partial charge in [0.1, 0.15) is 5.75 Å². The van der Waals surface area contributed by atoms with Crippen molar-refractivity contribution in [2.24, 2.45) is 5.73 Å². The Bertz CT molecular complexity index is 286. The van der Waals surface area contributed by atoms with Crippen LogP contribution < -0.4 is 10.5 Å². The first-order chi connectivity index (χ1) is 6.19. The van der Waals surface area contributed by atoms with Gasteiger partial charge in [0.15, 0.2) is 0 Å². The molecular weight excluding hydrogens is 230 g/mol. The standard InChI is InChI=1S/C10H14BrNO/c1-3-7-6-8(10(11)12)4-5-9(7)13-2/h4-6,10H,3,12H2,1-2H3. The number of hydrogen-bond donors (Lipinski definition) is 1. The van der Waals surface area contributed by atoms with Crippen LogP contribution in [0, 0.1) is 0 Å². The average molecular weight is 244 g/mol. The van der Waals surface area contributed by atoms with Gasteiger partial charge in [0, 0.05) is 0 Å². The largest absolute Gasteiger partial charge is 0.496 e. The Hall–Kier alpha value is -0.540. The van der Waals surface area contributed by atoms with Crippen LogP contribution in [0.15, 0.2) is 18.2 Å². The summed E-state index contributed by atoms with van der Waals surface area (Å²) in [6.45, 7) is 2.10. The molecule has 0 saturated heterocycles. The van der Waals surface area contributed by atoms with Crippen molar-refractivity contribution in [2.75, 3.05) is 7.11 Å². The van der Waals surface area contributed by atoms with E-state index in [0.717, 1.165) is 17.7 Å². The molecule has 1 unspecified atom stereocenters. The van der Waals surface area contributed by atoms with Gasteiger partial charge in [-0.15, -0.1) is 0 Å². The minimum absolute atomic E-state index is 0.0938. The van der Waals surface area contributed by atoms with Crippen LogP contribution in [0.1, 0.15) is 23.0 Å². The molecule has 2 N–H and O–H groups in total. The van der Waals surface area contributed by atoms with Gasteiger partial charge in [0.2, 0.25) is 0 Å². The molecule has 0 bridgehead atoms. The van der Waals surface area contributed by atoms with E-state index in [-0.39, 0.29) is 4.95 Å². The molecule has 0 heterocycles. The molecule has 2 nitrogen and oxygen atoms in total. The van der Waals surface area contributed by atoms with Crippen LogP contribution in [0.5, 0.6) is 5.75 Å². The lowest BCUT2D eigenvalue weighted by Crippen LogP contribution is -2.02. The monoisotopic (exact) mass is 243 g/mol. The maximum atomic E-state index is 5.70. The summed E-state index contributed by atoms with van der Waals surface area (Å²) in [5, 5.41) is 0. The number of halogens is 1. The van der Waals surface area contributed by atoms with Crippen molar-refractivity contribution in [3.8, 4) is 5.75 Å². The number of benzene rings is 1. The maximum absolute atomic E-state index is 5.70. The third-order valence-electron chi connectivity index (χ3n) is 2.00. The highest BCUT2D eigenvalue weighted by Crippen LogP contribution is 2.24. The second kappa shape index (κ2) is 4.63. The zero-order valence-corrected chi connectivity index (χ0v) is 9.47. The van der Waals surface area contributed by atoms with E-state index in [1.54, 1.807) is 7.11 Å². The van der Waals surface area contributed by atoms with Crippen LogP contribution >= 0.6 is 15.9 Å². The van der Waals surface area contributed by atoms with E-state index in [2.05, 4.69) is 28.9 Å². The van der Waals surface area contributed by atoms with Gasteiger partial charge in [-0.3, -0.25) is 0 Å². The zero-order chi connectivity index (χ0) is 9.84. The molecule has 0 radical (unpaired) electrons. The second-order valence-corrected chi connectivity index (χ2v) is 3.81. The first-order valence-corrected chi connectivity index (χ1v) is 5.17. The molecule has 0 amide bonds. The third kappa shape index (κ3) is 2.45. The third-order valence-corrected chi connectivity index (χ3v) is 2.53. The molecule has 72 valence electrons. The topological polar surface area (TPSA) is 35.2 Å². The SMILES string of the molecule is CCc1cc(C(N)Br)ccc1OC. The van der Waals surface area contributed by atoms with Crippen molar-refractivity contribution in [1.82, 2.24) is 0 Å². The summed E-state index contributed by atoms with van der Waals surface area (Å²) in [7, 11) is 1.68. The molecule has 0 saturated carbocycles. The highest BCUT2D eigenvalue weighted by Gasteiger charge is 2.05. The second-order valence-electron chi connectivity index (χ2n) is 2.83. The number of rotatable bonds is 3. The highest BCUT2D eigenvalue weighted by atomic mass is 79.9. The van der Waals surface area contributed by atoms with Crippen molar-refractivity contribution in [3.05, 3.63) is 29.3 Å². The molecule has 0 aromatic heterocycles. The van der Waals surface area contributed by atoms with Gasteiger partial charge in [-0.25, -0.2) is 0 Å². The van der Waals surface area contributed by atoms with Crippen LogP contribution in [0.25, 0.3) is 0 Å². The summed E-state index contributed by atoms with van der Waals surface area (Å²) >= 11 is 3.33. The van der Waals surface area contributed by atoms with Crippen molar-refractivity contribution in [1.29, 1.82) is 0 Å². The summed E-state index contributed by atoms with van der Waals surface area (Å²) in [5.74, 6) is 0.930. The zero-order valence-electron chi connectivity index (χ0n) is 7.88. The van der Waals surface area contributed by atoms with Gasteiger partial charge in [0.05, 0.1) is 12.1 Å². The maximum Gasteiger partial charge on any atom is 0.122 e. The van der Waals surface area contributed by atoms with Crippen LogP contribution in [0.3, 0.4) is 0 Å². The van der Waals surface area contributed by atoms with Crippen LogP contribution in [0.4, 0.5) is 0 Å². The predicted octanol–water partition coefficient (Wildman–Crippen LogP) is 2.61. The summed E-state index contributed by atoms with van der Waals surface area (Å²) in [4.78, 5) is -0.0938. The summed E-state index contributed by atoms with van der Waals surface area (Å²) < 4.78 is 5.21. The number of methoxy groups -OCH3 is 1. The fraction of sp³-hybridized carbons (Fsp3) is 0.400. The fourth-order valence-corrected chi connectivity index (χ4v) is 1.53. The quantitative estimate of drug-likeness (QED) is 0.655. The smallest absolute Gasteiger partial charge is 0.122 e. The molecule has 1 aromatic rings. The Kier molecular flexibility index (Phi) is 3.75. The van der Waals surface area contributed by atoms with Gasteiger partial charge in [-0.05, 0) is 29.7 Å². The molecule has 13 heavy (non-hydrogen) atoms. The van der Waals surface area contributed by atoms with E-state index in [1.165, 1.54) is 5.56 Å². The molecule has 0 fully saturated rings. The summed E-state index contributed by atoms with van der Waals surface area (Å²) in [5.41, 5.74) is 7.98. The van der Waals surface area contributed by atoms with E-state index in [0.29, 0.717) is 0 Å². The number of ether oxygens (including phenoxy) is 1. The van der Waals surface area contributed by atoms with Gasteiger partial charge >= 0.3 is 0 Å². The summed E-state index contributed by atoms with van der Waals surface area (Å²) in [6.07, 6.45) is 0.955. The Morgan fingerprint density at radius 2 is 2.23 bits per heavy atom. The average Bonchev–Trinajstić information content (AvgIpc) is 2.16. The minimum Gasteiger partial charge on any atom is -0.496 e. The van der Waals surface area contributed by atoms with Gasteiger partial charge in [0.25, 0.3) is 0 Å². The lowest BCUT2D eigenvalue weighted by atomic mass is 10.1. The Morgan fingerprint density at radius 1 is 1.54 bits per heavy atom. The predicted molar refractivity (Wildman–Crippen MR) is 58.2 cm³/mol. The first kappa shape index (κ1) is 10.5. The van der Waals surface area contributed by atoms with Crippen LogP contribution in [-0.4, -0.2) is 7.11 Å². The number of hydrogen-bond acceptors (Lipinski definition) is 2. The van der Waals surface area contributed by atoms with Crippen molar-refractivity contribution in [3.63, 3.8) is 0 Å². The van der Waals surface area contributed by atoms with Crippen LogP contribution in [0.2, 0.25) is 0 Å². The molecule has 0 aliphatic heterocycles. The molecule has 0 aliphatic rings. The molecule has 1 atom stereocenters. The van der Waals surface area contributed by atoms with E-state index in [1.807, 2.05) is 12.1 Å². The molecule has 0 spiro atoms. The van der Waals surface area contributed by atoms with Crippen molar-refractivity contribution in [2.45, 2.75) is 18.3 Å². The minimum atomic E-state index is -0.0938. The molecule has 3 heteroatoms. The molecule has 1 aromatic carbocycles. The fourth-order valence-electron chi connectivity index (χ4n) is 1.25. The lowest BCUT2D eigenvalue weighted by Gasteiger charge is -2.10. The Balaban J connectivity index is 3.05. The number of alkyl halides is 1. The highest BCUT2D eigenvalue weighted by molar-refractivity contribution is 9.09. The van der Waals surface area contributed by atoms with E-state index in [9.17, 15) is 0 Å². The molecule has 1 rings (SSSR count).